The van der Waals surface area contributed by atoms with E-state index in [1.165, 1.54) is 25.3 Å². The first-order chi connectivity index (χ1) is 60.3. The van der Waals surface area contributed by atoms with Gasteiger partial charge in [-0.05, 0) is 13.0 Å². The number of benzene rings is 2. The number of rotatable bonds is 13. The number of ketones is 3. The Balaban J connectivity index is 0.000000293. The highest BCUT2D eigenvalue weighted by Gasteiger charge is 2.62. The molecule has 52 nitrogen and oxygen atoms in total. The van der Waals surface area contributed by atoms with Gasteiger partial charge in [-0.1, -0.05) is 12.1 Å². The Bertz CT molecular complexity index is 3570. The van der Waals surface area contributed by atoms with E-state index in [-0.39, 0.29) is 34.4 Å². The van der Waals surface area contributed by atoms with Crippen LogP contribution in [0.3, 0.4) is 0 Å². The summed E-state index contributed by atoms with van der Waals surface area (Å²) in [6.07, 6.45) is -87.1. The van der Waals surface area contributed by atoms with Crippen LogP contribution in [-0.4, -0.2) is 508 Å². The maximum atomic E-state index is 13.6. The third-order valence-electron chi connectivity index (χ3n) is 24.7. The summed E-state index contributed by atoms with van der Waals surface area (Å²) in [5.41, 5.74) is 2.37. The molecule has 0 aromatic heterocycles. The molecule has 127 heavy (non-hydrogen) atoms. The monoisotopic (exact) mass is 1840 g/mol. The number of hydrogen-bond acceptors (Lipinski definition) is 52. The van der Waals surface area contributed by atoms with Crippen LogP contribution >= 0.6 is 0 Å². The van der Waals surface area contributed by atoms with Crippen LogP contribution in [0.5, 0.6) is 17.2 Å². The van der Waals surface area contributed by atoms with Gasteiger partial charge in [0.2, 0.25) is 5.78 Å². The molecule has 31 N–H and O–H groups in total. The molecule has 0 amide bonds. The van der Waals surface area contributed by atoms with Crippen LogP contribution in [-0.2, 0) is 96.5 Å². The molecule has 0 radical (unpaired) electrons. The summed E-state index contributed by atoms with van der Waals surface area (Å²) in [6, 6.07) is 3.64. The lowest BCUT2D eigenvalue weighted by Crippen LogP contribution is -2.69. The minimum absolute atomic E-state index is 0.0173. The molecule has 46 atom stereocenters. The molecule has 31 fully saturated rings. The number of hydrogen-bond donors (Lipinski definition) is 30. The van der Waals surface area contributed by atoms with Gasteiger partial charge in [-0.15, -0.1) is 0 Å². The zero-order valence-electron chi connectivity index (χ0n) is 67.2. The van der Waals surface area contributed by atoms with Crippen LogP contribution in [0.2, 0.25) is 0 Å². The predicted molar refractivity (Wildman–Crippen MR) is 393 cm³/mol. The molecule has 16 bridgehead atoms. The molecule has 720 valence electrons. The Hall–Kier alpha value is -4.99. The molecule has 31 saturated heterocycles. The molecule has 35 rings (SSSR count). The number of aliphatic hydroxyl groups is 27. The number of phenolic OH excluding ortho intramolecular Hbond substituents is 2. The average molecular weight is 1840 g/mol. The Morgan fingerprint density at radius 1 is 0.386 bits per heavy atom. The lowest BCUT2D eigenvalue weighted by molar-refractivity contribution is -0.404. The molecule has 31 heterocycles. The van der Waals surface area contributed by atoms with E-state index in [1.54, 1.807) is 6.92 Å². The standard InChI is InChI=1S/C48H80O40.C27H29NO11/c49-1-9-33-17(57)25(65)41(73-9)82-34-10(2-50)75-43(27(67)19(34)59)84-36-12(4-52)77-45(29(69)21(36)61)86-38-14(6-54)79-47(31(71)23(38)63)88-40-16(8-56)80-48(32(72)24(40)64)87-39-15(7-55)78-46(30(70)22(39)62)85-37-13(5-53)76-44(28(68)20(37)60)83-35-11(3-51)74-42(81-33)26(66)18(35)58;1-10-22(31)13(28)6-17(38-10)39-15-8-27(36,16(30)9-29)7-12-19(15)26(35)21-20(24(12)33)23(32)11-4-3-5-14(37-2)18(11)25(21)34/h9-72H,1-8H2;3-5,10,13,15,17,22,29,31,33,35-36H,6-9,28H2,1-2H3/t9-,10-,11-,12-,13-,14-,15-,16-,17-,18-,19-,20-,21-,22-,23-,24-,25-,26-,27-,28-,29-,30-,31-,32-,33-,34-,35-,36-,37-,38-,39-,40-,41-,42-,43-,44-,45-,46-,47-,48-;10-,13-,15-,17-,22+,27-/m10/s1. The quantitative estimate of drug-likeness (QED) is 0.0707. The maximum Gasteiger partial charge on any atom is 0.202 e. The number of carbonyl (C=O) groups is 3. The van der Waals surface area contributed by atoms with Crippen molar-refractivity contribution in [2.24, 2.45) is 5.73 Å². The van der Waals surface area contributed by atoms with Gasteiger partial charge < -0.3 is 244 Å². The summed E-state index contributed by atoms with van der Waals surface area (Å²) in [4.78, 5) is 39.7. The minimum Gasteiger partial charge on any atom is -0.507 e. The van der Waals surface area contributed by atoms with E-state index in [4.69, 9.17) is 95.7 Å². The Morgan fingerprint density at radius 2 is 0.661 bits per heavy atom. The molecule has 33 aliphatic rings. The number of fused-ring (bicyclic) bond motifs is 3. The Kier molecular flexibility index (Phi) is 32.2. The number of carbonyl (C=O) groups excluding carboxylic acids is 3. The molecule has 0 unspecified atom stereocenters. The van der Waals surface area contributed by atoms with Crippen LogP contribution in [0.15, 0.2) is 18.2 Å². The maximum absolute atomic E-state index is 13.6. The van der Waals surface area contributed by atoms with Gasteiger partial charge in [-0.3, -0.25) is 14.4 Å². The van der Waals surface area contributed by atoms with Gasteiger partial charge in [0, 0.05) is 42.0 Å². The molecular formula is C75H109NO51. The number of phenols is 2. The van der Waals surface area contributed by atoms with Crippen molar-refractivity contribution >= 4 is 17.3 Å². The summed E-state index contributed by atoms with van der Waals surface area (Å²) in [7, 11) is 1.32. The average Bonchev–Trinajstić information content (AvgIpc) is 0.707. The van der Waals surface area contributed by atoms with E-state index < -0.39 is 394 Å². The van der Waals surface area contributed by atoms with E-state index in [2.05, 4.69) is 0 Å². The third-order valence-corrected chi connectivity index (χ3v) is 24.7. The number of aliphatic hydroxyl groups excluding tert-OH is 26. The first-order valence-electron chi connectivity index (χ1n) is 40.5. The smallest absolute Gasteiger partial charge is 0.202 e. The minimum atomic E-state index is -2.25. The van der Waals surface area contributed by atoms with Crippen molar-refractivity contribution in [1.29, 1.82) is 0 Å². The molecule has 52 heteroatoms. The van der Waals surface area contributed by atoms with Crippen LogP contribution in [0, 0.1) is 0 Å². The van der Waals surface area contributed by atoms with Gasteiger partial charge in [-0.2, -0.15) is 0 Å². The van der Waals surface area contributed by atoms with Crippen molar-refractivity contribution < 1.29 is 252 Å². The molecule has 0 spiro atoms. The molecule has 31 aliphatic heterocycles. The van der Waals surface area contributed by atoms with Crippen molar-refractivity contribution in [3.8, 4) is 17.2 Å². The number of ether oxygens (including phenoxy) is 19. The highest BCUT2D eigenvalue weighted by molar-refractivity contribution is 6.31. The van der Waals surface area contributed by atoms with Crippen molar-refractivity contribution in [2.75, 3.05) is 66.6 Å². The van der Waals surface area contributed by atoms with Crippen molar-refractivity contribution in [3.63, 3.8) is 0 Å². The van der Waals surface area contributed by atoms with E-state index in [9.17, 15) is 162 Å². The molecular weight excluding hydrogens is 1730 g/mol. The number of nitrogens with two attached hydrogens (primary N) is 1. The topological polar surface area (TPSA) is 839 Å². The van der Waals surface area contributed by atoms with Crippen LogP contribution in [0.1, 0.15) is 68.8 Å². The fraction of sp³-hybridized carbons (Fsp3) is 0.800. The van der Waals surface area contributed by atoms with Gasteiger partial charge in [0.05, 0.1) is 95.0 Å². The van der Waals surface area contributed by atoms with Gasteiger partial charge >= 0.3 is 0 Å². The highest BCUT2D eigenvalue weighted by Crippen LogP contribution is 2.53. The summed E-state index contributed by atoms with van der Waals surface area (Å²) < 4.78 is 108. The molecule has 2 aromatic carbocycles. The lowest BCUT2D eigenvalue weighted by Gasteiger charge is -2.50. The zero-order chi connectivity index (χ0) is 92.5. The molecule has 2 aliphatic carbocycles. The summed E-state index contributed by atoms with van der Waals surface area (Å²) in [5.74, 6) is -3.77. The normalized spacial score (nSPS) is 47.5. The van der Waals surface area contributed by atoms with E-state index in [1.807, 2.05) is 0 Å². The van der Waals surface area contributed by atoms with Gasteiger partial charge in [-0.25, -0.2) is 0 Å². The van der Waals surface area contributed by atoms with E-state index in [0.717, 1.165) is 0 Å². The summed E-state index contributed by atoms with van der Waals surface area (Å²) in [5, 5.41) is 319. The van der Waals surface area contributed by atoms with Gasteiger partial charge in [0.1, 0.15) is 225 Å². The predicted octanol–water partition coefficient (Wildman–Crippen LogP) is -17.4. The van der Waals surface area contributed by atoms with Gasteiger partial charge in [0.25, 0.3) is 0 Å². The second-order valence-corrected chi connectivity index (χ2v) is 32.6. The van der Waals surface area contributed by atoms with E-state index >= 15 is 0 Å². The first kappa shape index (κ1) is 99.5. The van der Waals surface area contributed by atoms with Crippen molar-refractivity contribution in [3.05, 3.63) is 51.6 Å². The highest BCUT2D eigenvalue weighted by atomic mass is 16.8. The number of methoxy groups -OCH3 is 1. The Morgan fingerprint density at radius 3 is 0.913 bits per heavy atom. The van der Waals surface area contributed by atoms with E-state index in [0.29, 0.717) is 0 Å². The number of Topliss-reactive ketones (excluding diaryl/α,β-unsaturated/α-hetero) is 1. The summed E-state index contributed by atoms with van der Waals surface area (Å²) in [6.45, 7) is -8.08. The van der Waals surface area contributed by atoms with Crippen LogP contribution < -0.4 is 10.5 Å². The van der Waals surface area contributed by atoms with Crippen molar-refractivity contribution in [2.45, 2.75) is 308 Å². The number of aromatic hydroxyl groups is 2. The van der Waals surface area contributed by atoms with Crippen LogP contribution in [0.25, 0.3) is 0 Å². The second-order valence-electron chi connectivity index (χ2n) is 32.6. The first-order valence-corrected chi connectivity index (χ1v) is 40.5. The summed E-state index contributed by atoms with van der Waals surface area (Å²) >= 11 is 0. The fourth-order valence-electron chi connectivity index (χ4n) is 17.7. The molecule has 2 aromatic rings. The third kappa shape index (κ3) is 18.9. The van der Waals surface area contributed by atoms with Gasteiger partial charge in [0.15, 0.2) is 68.2 Å². The Labute approximate surface area is 716 Å². The second kappa shape index (κ2) is 41.1. The fourth-order valence-corrected chi connectivity index (χ4v) is 17.7. The zero-order valence-corrected chi connectivity index (χ0v) is 67.2. The molecule has 0 saturated carbocycles. The largest absolute Gasteiger partial charge is 0.507 e. The van der Waals surface area contributed by atoms with Crippen molar-refractivity contribution in [1.82, 2.24) is 0 Å². The van der Waals surface area contributed by atoms with Crippen LogP contribution in [0.4, 0.5) is 0 Å². The lowest BCUT2D eigenvalue weighted by atomic mass is 9.72. The SMILES string of the molecule is COc1cccc2c1C(=O)c1c(O)c3c(c(O)c1C2=O)C[C@@](O)(C(=O)CO)C[C@@H]3O[C@H]1C[C@H](N)[C@H](O)[C@H](C)O1.OC[C@H]1O[C@@H]2O[C@H]3[C@H](O)[C@@H](O)[C@@H](O[C@H]4[C@H](O)[C@@H](O)[C@@H](O[C@H]5[C@H](O)[C@@H](O)[C@@H](O[C@H]6[C@H](O)[C@@H](O)[C@@H](O[C@H]7[C@H](O)[C@@H](O)[C@@H](O[C@H]8[C@H](O)[C@@H](O)[C@@H](O[C@H]9[C@H](O)[C@@H](O)[C@@H](O[C@H]1[C@H](O)[C@H]2O)O[C@@H]9CO)O[C@@H]8CO)O[C@@H]7CO)O[C@@H]6CO)O[C@@H]5CO)O[C@@H]4CO)O[C@@H]3CO.